The number of hydrogen-bond acceptors (Lipinski definition) is 2. The van der Waals surface area contributed by atoms with Crippen molar-refractivity contribution in [1.29, 1.82) is 0 Å². The van der Waals surface area contributed by atoms with Crippen LogP contribution in [-0.4, -0.2) is 16.9 Å². The zero-order valence-corrected chi connectivity index (χ0v) is 12.1. The number of rotatable bonds is 2. The first-order chi connectivity index (χ1) is 8.98. The number of carbonyl (C=O) groups is 1. The molecule has 1 aliphatic carbocycles. The third-order valence-corrected chi connectivity index (χ3v) is 4.14. The average Bonchev–Trinajstić information content (AvgIpc) is 2.39. The number of amides is 1. The Morgan fingerprint density at radius 1 is 1.21 bits per heavy atom. The van der Waals surface area contributed by atoms with Crippen LogP contribution in [0.25, 0.3) is 0 Å². The van der Waals surface area contributed by atoms with Gasteiger partial charge in [-0.2, -0.15) is 0 Å². The van der Waals surface area contributed by atoms with E-state index >= 15 is 0 Å². The quantitative estimate of drug-likeness (QED) is 0.885. The summed E-state index contributed by atoms with van der Waals surface area (Å²) in [7, 11) is 0. The van der Waals surface area contributed by atoms with E-state index in [9.17, 15) is 4.79 Å². The van der Waals surface area contributed by atoms with Crippen molar-refractivity contribution in [3.63, 3.8) is 0 Å². The van der Waals surface area contributed by atoms with Crippen LogP contribution in [0.1, 0.15) is 56.8 Å². The average molecular weight is 260 g/mol. The molecule has 0 aromatic carbocycles. The highest BCUT2D eigenvalue weighted by atomic mass is 16.1. The van der Waals surface area contributed by atoms with Gasteiger partial charge < -0.3 is 5.32 Å². The summed E-state index contributed by atoms with van der Waals surface area (Å²) in [5.41, 5.74) is 0.949. The van der Waals surface area contributed by atoms with Crippen molar-refractivity contribution >= 4 is 5.91 Å². The van der Waals surface area contributed by atoms with Crippen LogP contribution in [0.5, 0.6) is 0 Å². The van der Waals surface area contributed by atoms with Gasteiger partial charge in [-0.15, -0.1) is 0 Å². The molecule has 0 saturated heterocycles. The number of carbonyl (C=O) groups excluding carboxylic acids is 1. The topological polar surface area (TPSA) is 42.0 Å². The molecule has 2 rings (SSSR count). The molecular formula is C16H24N2O. The number of aromatic nitrogens is 1. The van der Waals surface area contributed by atoms with Gasteiger partial charge in [0.15, 0.2) is 0 Å². The van der Waals surface area contributed by atoms with E-state index < -0.39 is 0 Å². The van der Waals surface area contributed by atoms with Gasteiger partial charge in [0.05, 0.1) is 0 Å². The SMILES string of the molecule is CC(C)(C)[C@@H]1CCCC[C@@H]1NC(=O)c1ccncc1. The van der Waals surface area contributed by atoms with Crippen LogP contribution >= 0.6 is 0 Å². The Bertz CT molecular complexity index is 422. The fourth-order valence-corrected chi connectivity index (χ4v) is 3.10. The molecule has 1 aliphatic rings. The second-order valence-corrected chi connectivity index (χ2v) is 6.57. The van der Waals surface area contributed by atoms with Gasteiger partial charge in [-0.3, -0.25) is 9.78 Å². The lowest BCUT2D eigenvalue weighted by molar-refractivity contribution is 0.0830. The van der Waals surface area contributed by atoms with Gasteiger partial charge >= 0.3 is 0 Å². The van der Waals surface area contributed by atoms with Gasteiger partial charge in [-0.25, -0.2) is 0 Å². The Balaban J connectivity index is 2.06. The molecule has 104 valence electrons. The van der Waals surface area contributed by atoms with E-state index in [1.165, 1.54) is 19.3 Å². The van der Waals surface area contributed by atoms with Crippen LogP contribution in [0.15, 0.2) is 24.5 Å². The molecule has 0 radical (unpaired) electrons. The van der Waals surface area contributed by atoms with Gasteiger partial charge in [-0.05, 0) is 36.3 Å². The highest BCUT2D eigenvalue weighted by Gasteiger charge is 2.34. The summed E-state index contributed by atoms with van der Waals surface area (Å²) in [6.07, 6.45) is 8.13. The maximum Gasteiger partial charge on any atom is 0.251 e. The molecule has 1 amide bonds. The van der Waals surface area contributed by atoms with E-state index in [1.54, 1.807) is 24.5 Å². The Labute approximate surface area is 115 Å². The van der Waals surface area contributed by atoms with E-state index in [1.807, 2.05) is 0 Å². The number of nitrogens with one attached hydrogen (secondary N) is 1. The maximum atomic E-state index is 12.2. The van der Waals surface area contributed by atoms with E-state index in [0.29, 0.717) is 17.5 Å². The number of hydrogen-bond donors (Lipinski definition) is 1. The van der Waals surface area contributed by atoms with Crippen LogP contribution in [-0.2, 0) is 0 Å². The van der Waals surface area contributed by atoms with Crippen molar-refractivity contribution in [3.05, 3.63) is 30.1 Å². The van der Waals surface area contributed by atoms with Crippen molar-refractivity contribution < 1.29 is 4.79 Å². The van der Waals surface area contributed by atoms with Gasteiger partial charge in [0.2, 0.25) is 0 Å². The fourth-order valence-electron chi connectivity index (χ4n) is 3.10. The predicted octanol–water partition coefficient (Wildman–Crippen LogP) is 3.42. The molecule has 0 unspecified atom stereocenters. The van der Waals surface area contributed by atoms with E-state index in [-0.39, 0.29) is 11.3 Å². The monoisotopic (exact) mass is 260 g/mol. The number of pyridine rings is 1. The summed E-state index contributed by atoms with van der Waals surface area (Å²) in [6.45, 7) is 6.82. The smallest absolute Gasteiger partial charge is 0.251 e. The molecule has 2 atom stereocenters. The van der Waals surface area contributed by atoms with Crippen LogP contribution in [0, 0.1) is 11.3 Å². The Morgan fingerprint density at radius 2 is 1.84 bits per heavy atom. The molecule has 3 nitrogen and oxygen atoms in total. The van der Waals surface area contributed by atoms with E-state index in [0.717, 1.165) is 6.42 Å². The normalized spacial score (nSPS) is 23.9. The lowest BCUT2D eigenvalue weighted by Crippen LogP contribution is -2.46. The molecule has 0 aliphatic heterocycles. The predicted molar refractivity (Wildman–Crippen MR) is 76.9 cm³/mol. The van der Waals surface area contributed by atoms with Crippen molar-refractivity contribution in [2.45, 2.75) is 52.5 Å². The van der Waals surface area contributed by atoms with Gasteiger partial charge in [0.1, 0.15) is 0 Å². The van der Waals surface area contributed by atoms with Crippen molar-refractivity contribution in [2.75, 3.05) is 0 Å². The Morgan fingerprint density at radius 3 is 2.47 bits per heavy atom. The van der Waals surface area contributed by atoms with E-state index in [4.69, 9.17) is 0 Å². The first-order valence-corrected chi connectivity index (χ1v) is 7.19. The van der Waals surface area contributed by atoms with Crippen molar-refractivity contribution in [1.82, 2.24) is 10.3 Å². The van der Waals surface area contributed by atoms with Crippen LogP contribution in [0.4, 0.5) is 0 Å². The molecule has 0 spiro atoms. The highest BCUT2D eigenvalue weighted by Crippen LogP contribution is 2.38. The molecule has 1 heterocycles. The molecule has 1 fully saturated rings. The molecule has 19 heavy (non-hydrogen) atoms. The summed E-state index contributed by atoms with van der Waals surface area (Å²) in [6, 6.07) is 3.84. The minimum Gasteiger partial charge on any atom is -0.349 e. The van der Waals surface area contributed by atoms with Gasteiger partial charge in [0.25, 0.3) is 5.91 Å². The zero-order chi connectivity index (χ0) is 13.9. The first-order valence-electron chi connectivity index (χ1n) is 7.19. The molecule has 3 heteroatoms. The van der Waals surface area contributed by atoms with Crippen LogP contribution in [0.2, 0.25) is 0 Å². The van der Waals surface area contributed by atoms with Gasteiger partial charge in [0, 0.05) is 24.0 Å². The van der Waals surface area contributed by atoms with Crippen molar-refractivity contribution in [3.8, 4) is 0 Å². The van der Waals surface area contributed by atoms with Gasteiger partial charge in [-0.1, -0.05) is 33.6 Å². The molecule has 1 aromatic heterocycles. The lowest BCUT2D eigenvalue weighted by Gasteiger charge is -2.40. The summed E-state index contributed by atoms with van der Waals surface area (Å²) in [5, 5.41) is 3.23. The molecule has 1 aromatic rings. The fraction of sp³-hybridized carbons (Fsp3) is 0.625. The molecule has 0 bridgehead atoms. The first kappa shape index (κ1) is 14.0. The minimum absolute atomic E-state index is 0.0311. The van der Waals surface area contributed by atoms with Crippen molar-refractivity contribution in [2.24, 2.45) is 11.3 Å². The molecule has 1 saturated carbocycles. The third-order valence-electron chi connectivity index (χ3n) is 4.14. The zero-order valence-electron chi connectivity index (χ0n) is 12.1. The number of nitrogens with zero attached hydrogens (tertiary/aromatic N) is 1. The largest absolute Gasteiger partial charge is 0.349 e. The second-order valence-electron chi connectivity index (χ2n) is 6.57. The summed E-state index contributed by atoms with van der Waals surface area (Å²) in [5.74, 6) is 0.593. The Hall–Kier alpha value is -1.38. The van der Waals surface area contributed by atoms with E-state index in [2.05, 4.69) is 31.1 Å². The third kappa shape index (κ3) is 3.55. The summed E-state index contributed by atoms with van der Waals surface area (Å²) < 4.78 is 0. The van der Waals surface area contributed by atoms with Crippen LogP contribution < -0.4 is 5.32 Å². The second kappa shape index (κ2) is 5.72. The van der Waals surface area contributed by atoms with Crippen LogP contribution in [0.3, 0.4) is 0 Å². The highest BCUT2D eigenvalue weighted by molar-refractivity contribution is 5.94. The minimum atomic E-state index is 0.0311. The Kier molecular flexibility index (Phi) is 4.23. The summed E-state index contributed by atoms with van der Waals surface area (Å²) in [4.78, 5) is 16.2. The molecule has 1 N–H and O–H groups in total. The molecular weight excluding hydrogens is 236 g/mol. The standard InChI is InChI=1S/C16H24N2O/c1-16(2,3)13-6-4-5-7-14(13)18-15(19)12-8-10-17-11-9-12/h8-11,13-14H,4-7H2,1-3H3,(H,18,19)/t13-,14+/m1/s1. The lowest BCUT2D eigenvalue weighted by atomic mass is 9.69. The summed E-state index contributed by atoms with van der Waals surface area (Å²) >= 11 is 0. The maximum absolute atomic E-state index is 12.2.